The topological polar surface area (TPSA) is 76.0 Å². The van der Waals surface area contributed by atoms with Crippen molar-refractivity contribution in [2.45, 2.75) is 59.0 Å². The Balaban J connectivity index is 1.61. The average Bonchev–Trinajstić information content (AvgIpc) is 2.89. The van der Waals surface area contributed by atoms with Crippen LogP contribution >= 0.6 is 0 Å². The number of carbonyl (C=O) groups is 1. The van der Waals surface area contributed by atoms with E-state index in [1.807, 2.05) is 0 Å². The van der Waals surface area contributed by atoms with Crippen LogP contribution in [0.3, 0.4) is 0 Å². The Bertz CT molecular complexity index is 681. The average molecular weight is 348 g/mol. The Morgan fingerprint density at radius 1 is 1.28 bits per heavy atom. The van der Waals surface area contributed by atoms with Gasteiger partial charge in [-0.3, -0.25) is 4.79 Å². The molecule has 2 aliphatic rings. The number of phenolic OH excluding ortho intramolecular Hbond substituents is 2. The van der Waals surface area contributed by atoms with E-state index in [2.05, 4.69) is 20.8 Å². The molecule has 2 saturated carbocycles. The van der Waals surface area contributed by atoms with Gasteiger partial charge in [-0.05, 0) is 54.7 Å². The molecule has 2 N–H and O–H groups in total. The van der Waals surface area contributed by atoms with Crippen molar-refractivity contribution in [2.24, 2.45) is 16.7 Å². The summed E-state index contributed by atoms with van der Waals surface area (Å²) in [5.74, 6) is 0.0940. The zero-order valence-corrected chi connectivity index (χ0v) is 15.5. The standard InChI is InChI=1S/C20H28O5/c1-19(2)13-7-8-20(19,3)16(11-13)25-17(22)6-5-12-9-14(21)18(23)15(10-12)24-4/h9-10,13,16,21,23H,5-8,11H2,1-4H3/t13-,16+,20+/m1/s1. The van der Waals surface area contributed by atoms with Crippen molar-refractivity contribution in [2.75, 3.05) is 7.11 Å². The Kier molecular flexibility index (Phi) is 4.38. The molecule has 0 spiro atoms. The summed E-state index contributed by atoms with van der Waals surface area (Å²) in [5, 5.41) is 19.4. The van der Waals surface area contributed by atoms with Crippen molar-refractivity contribution >= 4 is 5.97 Å². The molecule has 3 rings (SSSR count). The van der Waals surface area contributed by atoms with Gasteiger partial charge >= 0.3 is 5.97 Å². The van der Waals surface area contributed by atoms with Gasteiger partial charge in [0.25, 0.3) is 0 Å². The van der Waals surface area contributed by atoms with E-state index in [9.17, 15) is 15.0 Å². The summed E-state index contributed by atoms with van der Waals surface area (Å²) >= 11 is 0. The van der Waals surface area contributed by atoms with E-state index in [-0.39, 0.29) is 46.6 Å². The number of benzene rings is 1. The lowest BCUT2D eigenvalue weighted by molar-refractivity contribution is -0.156. The van der Waals surface area contributed by atoms with Gasteiger partial charge in [-0.25, -0.2) is 0 Å². The second kappa shape index (κ2) is 6.11. The molecule has 2 aliphatic carbocycles. The highest BCUT2D eigenvalue weighted by atomic mass is 16.5. The molecule has 0 radical (unpaired) electrons. The largest absolute Gasteiger partial charge is 0.504 e. The molecule has 1 aromatic carbocycles. The van der Waals surface area contributed by atoms with E-state index in [4.69, 9.17) is 9.47 Å². The quantitative estimate of drug-likeness (QED) is 0.625. The van der Waals surface area contributed by atoms with Crippen molar-refractivity contribution in [3.8, 4) is 17.2 Å². The predicted molar refractivity (Wildman–Crippen MR) is 93.8 cm³/mol. The third kappa shape index (κ3) is 2.83. The van der Waals surface area contributed by atoms with Crippen LogP contribution in [0.5, 0.6) is 17.2 Å². The van der Waals surface area contributed by atoms with Crippen molar-refractivity contribution in [3.05, 3.63) is 17.7 Å². The molecule has 0 amide bonds. The molecular formula is C20H28O5. The number of phenols is 2. The third-order valence-electron chi connectivity index (χ3n) is 6.94. The number of esters is 1. The lowest BCUT2D eigenvalue weighted by atomic mass is 9.70. The van der Waals surface area contributed by atoms with Crippen LogP contribution in [-0.4, -0.2) is 29.4 Å². The number of aromatic hydroxyl groups is 2. The molecule has 1 aromatic rings. The number of aryl methyl sites for hydroxylation is 1. The van der Waals surface area contributed by atoms with Crippen LogP contribution < -0.4 is 4.74 Å². The van der Waals surface area contributed by atoms with Gasteiger partial charge < -0.3 is 19.7 Å². The summed E-state index contributed by atoms with van der Waals surface area (Å²) < 4.78 is 10.9. The number of rotatable bonds is 5. The predicted octanol–water partition coefficient (Wildman–Crippen LogP) is 3.80. The molecule has 0 unspecified atom stereocenters. The molecule has 25 heavy (non-hydrogen) atoms. The summed E-state index contributed by atoms with van der Waals surface area (Å²) in [6, 6.07) is 3.08. The minimum Gasteiger partial charge on any atom is -0.504 e. The summed E-state index contributed by atoms with van der Waals surface area (Å²) in [4.78, 5) is 12.3. The normalized spacial score (nSPS) is 29.6. The van der Waals surface area contributed by atoms with Crippen LogP contribution in [0, 0.1) is 16.7 Å². The molecule has 2 fully saturated rings. The lowest BCUT2D eigenvalue weighted by Crippen LogP contribution is -2.38. The fourth-order valence-corrected chi connectivity index (χ4v) is 4.72. The number of carbonyl (C=O) groups excluding carboxylic acids is 1. The number of methoxy groups -OCH3 is 1. The minimum atomic E-state index is -0.286. The van der Waals surface area contributed by atoms with E-state index in [0.29, 0.717) is 12.3 Å². The van der Waals surface area contributed by atoms with Gasteiger partial charge in [0.15, 0.2) is 11.5 Å². The summed E-state index contributed by atoms with van der Waals surface area (Å²) in [6.07, 6.45) is 3.97. The van der Waals surface area contributed by atoms with Gasteiger partial charge in [-0.15, -0.1) is 0 Å². The second-order valence-corrected chi connectivity index (χ2v) is 8.25. The van der Waals surface area contributed by atoms with Crippen LogP contribution in [-0.2, 0) is 16.0 Å². The zero-order chi connectivity index (χ0) is 18.4. The van der Waals surface area contributed by atoms with Crippen LogP contribution in [0.2, 0.25) is 0 Å². The van der Waals surface area contributed by atoms with Crippen molar-refractivity contribution in [3.63, 3.8) is 0 Å². The van der Waals surface area contributed by atoms with E-state index in [0.717, 1.165) is 18.4 Å². The molecule has 0 aliphatic heterocycles. The highest BCUT2D eigenvalue weighted by Crippen LogP contribution is 2.66. The number of fused-ring (bicyclic) bond motifs is 2. The molecule has 3 atom stereocenters. The van der Waals surface area contributed by atoms with Crippen molar-refractivity contribution < 1.29 is 24.5 Å². The molecule has 5 heteroatoms. The van der Waals surface area contributed by atoms with Gasteiger partial charge in [0, 0.05) is 11.8 Å². The Labute approximate surface area is 149 Å². The van der Waals surface area contributed by atoms with Crippen molar-refractivity contribution in [1.29, 1.82) is 0 Å². The van der Waals surface area contributed by atoms with Gasteiger partial charge in [0.05, 0.1) is 7.11 Å². The molecule has 0 heterocycles. The van der Waals surface area contributed by atoms with E-state index in [1.54, 1.807) is 6.07 Å². The summed E-state index contributed by atoms with van der Waals surface area (Å²) in [5.41, 5.74) is 1.00. The maximum atomic E-state index is 12.3. The first-order valence-electron chi connectivity index (χ1n) is 8.97. The van der Waals surface area contributed by atoms with Crippen LogP contribution in [0.15, 0.2) is 12.1 Å². The smallest absolute Gasteiger partial charge is 0.306 e. The number of ether oxygens (including phenoxy) is 2. The molecule has 0 aromatic heterocycles. The Hall–Kier alpha value is -1.91. The van der Waals surface area contributed by atoms with E-state index < -0.39 is 0 Å². The van der Waals surface area contributed by atoms with Crippen LogP contribution in [0.1, 0.15) is 52.0 Å². The SMILES string of the molecule is COc1cc(CCC(=O)O[C@H]2C[C@H]3CC[C@]2(C)C3(C)C)cc(O)c1O. The van der Waals surface area contributed by atoms with Crippen LogP contribution in [0.25, 0.3) is 0 Å². The van der Waals surface area contributed by atoms with Gasteiger partial charge in [-0.2, -0.15) is 0 Å². The maximum Gasteiger partial charge on any atom is 0.306 e. The van der Waals surface area contributed by atoms with Gasteiger partial charge in [0.2, 0.25) is 5.75 Å². The monoisotopic (exact) mass is 348 g/mol. The Morgan fingerprint density at radius 3 is 2.56 bits per heavy atom. The minimum absolute atomic E-state index is 0.00323. The zero-order valence-electron chi connectivity index (χ0n) is 15.5. The molecule has 0 saturated heterocycles. The fraction of sp³-hybridized carbons (Fsp3) is 0.650. The highest BCUT2D eigenvalue weighted by Gasteiger charge is 2.62. The first-order valence-corrected chi connectivity index (χ1v) is 8.97. The van der Waals surface area contributed by atoms with Crippen LogP contribution in [0.4, 0.5) is 0 Å². The van der Waals surface area contributed by atoms with Gasteiger partial charge in [-0.1, -0.05) is 20.8 Å². The Morgan fingerprint density at radius 2 is 2.00 bits per heavy atom. The first-order chi connectivity index (χ1) is 11.7. The molecular weight excluding hydrogens is 320 g/mol. The maximum absolute atomic E-state index is 12.3. The second-order valence-electron chi connectivity index (χ2n) is 8.25. The first kappa shape index (κ1) is 17.9. The fourth-order valence-electron chi connectivity index (χ4n) is 4.72. The van der Waals surface area contributed by atoms with E-state index in [1.165, 1.54) is 19.6 Å². The highest BCUT2D eigenvalue weighted by molar-refractivity contribution is 5.70. The molecule has 2 bridgehead atoms. The number of hydrogen-bond acceptors (Lipinski definition) is 5. The third-order valence-corrected chi connectivity index (χ3v) is 6.94. The van der Waals surface area contributed by atoms with Crippen molar-refractivity contribution in [1.82, 2.24) is 0 Å². The van der Waals surface area contributed by atoms with Gasteiger partial charge in [0.1, 0.15) is 6.10 Å². The number of hydrogen-bond donors (Lipinski definition) is 2. The molecule has 5 nitrogen and oxygen atoms in total. The lowest BCUT2D eigenvalue weighted by Gasteiger charge is -2.38. The summed E-state index contributed by atoms with van der Waals surface area (Å²) in [6.45, 7) is 6.84. The van der Waals surface area contributed by atoms with E-state index >= 15 is 0 Å². The summed E-state index contributed by atoms with van der Waals surface area (Å²) in [7, 11) is 1.42. The molecule has 138 valence electrons.